The minimum Gasteiger partial charge on any atom is -0.367 e. The van der Waals surface area contributed by atoms with Gasteiger partial charge in [-0.2, -0.15) is 0 Å². The molecule has 3 aromatic rings. The number of aromatic nitrogens is 2. The molecule has 3 rings (SSSR count). The molecule has 1 aromatic carbocycles. The van der Waals surface area contributed by atoms with Gasteiger partial charge in [0, 0.05) is 23.0 Å². The molecule has 2 N–H and O–H groups in total. The second-order valence-corrected chi connectivity index (χ2v) is 4.57. The second-order valence-electron chi connectivity index (χ2n) is 4.13. The van der Waals surface area contributed by atoms with Crippen LogP contribution < -0.4 is 5.73 Å². The van der Waals surface area contributed by atoms with Crippen LogP contribution in [-0.2, 0) is 0 Å². The van der Waals surface area contributed by atoms with Crippen molar-refractivity contribution in [3.63, 3.8) is 0 Å². The van der Waals surface area contributed by atoms with Gasteiger partial charge in [0.15, 0.2) is 0 Å². The summed E-state index contributed by atoms with van der Waals surface area (Å²) in [5.74, 6) is -0.360. The number of hydrogen-bond acceptors (Lipinski definition) is 4. The first-order valence-corrected chi connectivity index (χ1v) is 6.15. The lowest BCUT2D eigenvalue weighted by molar-refractivity contribution is 0.439. The van der Waals surface area contributed by atoms with Crippen molar-refractivity contribution in [3.8, 4) is 22.4 Å². The smallest absolute Gasteiger partial charge is 0.230 e. The second kappa shape index (κ2) is 4.94. The molecule has 0 saturated carbocycles. The van der Waals surface area contributed by atoms with Gasteiger partial charge in [-0.3, -0.25) is 4.98 Å². The number of hydrogen-bond donors (Lipinski definition) is 1. The fourth-order valence-electron chi connectivity index (χ4n) is 1.97. The average Bonchev–Trinajstić information content (AvgIpc) is 2.81. The molecule has 20 heavy (non-hydrogen) atoms. The van der Waals surface area contributed by atoms with Gasteiger partial charge in [-0.05, 0) is 35.9 Å². The van der Waals surface area contributed by atoms with Crippen molar-refractivity contribution in [1.29, 1.82) is 0 Å². The van der Waals surface area contributed by atoms with Crippen LogP contribution in [0.25, 0.3) is 22.4 Å². The number of pyridine rings is 1. The Hall–Kier alpha value is -2.40. The van der Waals surface area contributed by atoms with Gasteiger partial charge in [0.2, 0.25) is 5.88 Å². The Morgan fingerprint density at radius 3 is 2.60 bits per heavy atom. The van der Waals surface area contributed by atoms with Crippen molar-refractivity contribution in [2.75, 3.05) is 5.73 Å². The molecule has 0 spiro atoms. The molecule has 2 aromatic heterocycles. The van der Waals surface area contributed by atoms with Crippen molar-refractivity contribution >= 4 is 17.5 Å². The summed E-state index contributed by atoms with van der Waals surface area (Å²) < 4.78 is 19.0. The van der Waals surface area contributed by atoms with E-state index in [1.54, 1.807) is 36.7 Å². The maximum absolute atomic E-state index is 14.0. The van der Waals surface area contributed by atoms with E-state index in [4.69, 9.17) is 21.9 Å². The van der Waals surface area contributed by atoms with Crippen LogP contribution in [0, 0.1) is 5.82 Å². The van der Waals surface area contributed by atoms with Gasteiger partial charge in [0.25, 0.3) is 0 Å². The van der Waals surface area contributed by atoms with Crippen LogP contribution in [0.2, 0.25) is 5.02 Å². The Labute approximate surface area is 119 Å². The van der Waals surface area contributed by atoms with E-state index in [0.717, 1.165) is 5.56 Å². The largest absolute Gasteiger partial charge is 0.367 e. The van der Waals surface area contributed by atoms with Crippen LogP contribution in [0.15, 0.2) is 47.2 Å². The van der Waals surface area contributed by atoms with E-state index >= 15 is 0 Å². The van der Waals surface area contributed by atoms with Crippen molar-refractivity contribution in [2.45, 2.75) is 0 Å². The zero-order chi connectivity index (χ0) is 14.1. The number of halogens is 2. The van der Waals surface area contributed by atoms with Crippen LogP contribution >= 0.6 is 11.6 Å². The highest BCUT2D eigenvalue weighted by molar-refractivity contribution is 6.30. The van der Waals surface area contributed by atoms with Gasteiger partial charge < -0.3 is 10.3 Å². The highest BCUT2D eigenvalue weighted by Crippen LogP contribution is 2.37. The maximum Gasteiger partial charge on any atom is 0.230 e. The van der Waals surface area contributed by atoms with Crippen LogP contribution in [0.4, 0.5) is 10.3 Å². The van der Waals surface area contributed by atoms with Gasteiger partial charge in [0.05, 0.1) is 5.56 Å². The SMILES string of the molecule is Nc1onc(-c2ccc(Cl)cc2F)c1-c1ccncc1. The third-order valence-electron chi connectivity index (χ3n) is 2.87. The molecule has 0 amide bonds. The standard InChI is InChI=1S/C14H9ClFN3O/c15-9-1-2-10(11(16)7-9)13-12(14(17)20-19-13)8-3-5-18-6-4-8/h1-7H,17H2. The van der Waals surface area contributed by atoms with Crippen molar-refractivity contribution in [2.24, 2.45) is 0 Å². The number of anilines is 1. The van der Waals surface area contributed by atoms with Crippen LogP contribution in [0.5, 0.6) is 0 Å². The summed E-state index contributed by atoms with van der Waals surface area (Å²) in [6.07, 6.45) is 3.23. The Kier molecular flexibility index (Phi) is 3.12. The van der Waals surface area contributed by atoms with E-state index < -0.39 is 5.82 Å². The Morgan fingerprint density at radius 2 is 1.90 bits per heavy atom. The molecule has 4 nitrogen and oxygen atoms in total. The van der Waals surface area contributed by atoms with Crippen molar-refractivity contribution < 1.29 is 8.91 Å². The van der Waals surface area contributed by atoms with E-state index in [1.807, 2.05) is 0 Å². The molecule has 0 aliphatic carbocycles. The zero-order valence-corrected chi connectivity index (χ0v) is 10.9. The number of nitrogens with zero attached hydrogens (tertiary/aromatic N) is 2. The lowest BCUT2D eigenvalue weighted by Crippen LogP contribution is -1.90. The summed E-state index contributed by atoms with van der Waals surface area (Å²) in [4.78, 5) is 3.93. The molecule has 0 radical (unpaired) electrons. The summed E-state index contributed by atoms with van der Waals surface area (Å²) in [7, 11) is 0. The van der Waals surface area contributed by atoms with E-state index in [-0.39, 0.29) is 11.4 Å². The quantitative estimate of drug-likeness (QED) is 0.780. The molecule has 0 atom stereocenters. The molecule has 0 fully saturated rings. The first kappa shape index (κ1) is 12.6. The van der Waals surface area contributed by atoms with Gasteiger partial charge >= 0.3 is 0 Å². The lowest BCUT2D eigenvalue weighted by atomic mass is 10.0. The van der Waals surface area contributed by atoms with Crippen molar-refractivity contribution in [3.05, 3.63) is 53.6 Å². The van der Waals surface area contributed by atoms with Crippen molar-refractivity contribution in [1.82, 2.24) is 10.1 Å². The van der Waals surface area contributed by atoms with Crippen LogP contribution in [-0.4, -0.2) is 10.1 Å². The summed E-state index contributed by atoms with van der Waals surface area (Å²) in [5, 5.41) is 4.16. The molecular formula is C14H9ClFN3O. The number of nitrogens with two attached hydrogens (primary N) is 1. The normalized spacial score (nSPS) is 10.7. The summed E-state index contributed by atoms with van der Waals surface area (Å²) in [6.45, 7) is 0. The summed E-state index contributed by atoms with van der Waals surface area (Å²) in [6, 6.07) is 7.85. The highest BCUT2D eigenvalue weighted by Gasteiger charge is 2.20. The Balaban J connectivity index is 2.21. The molecule has 0 saturated heterocycles. The van der Waals surface area contributed by atoms with Gasteiger partial charge in [-0.25, -0.2) is 4.39 Å². The molecular weight excluding hydrogens is 281 g/mol. The van der Waals surface area contributed by atoms with E-state index in [2.05, 4.69) is 10.1 Å². The predicted octanol–water partition coefficient (Wildman–Crippen LogP) is 3.78. The first-order valence-electron chi connectivity index (χ1n) is 5.78. The van der Waals surface area contributed by atoms with Gasteiger partial charge in [-0.15, -0.1) is 0 Å². The van der Waals surface area contributed by atoms with E-state index in [0.29, 0.717) is 16.3 Å². The molecule has 100 valence electrons. The molecule has 0 aliphatic heterocycles. The first-order chi connectivity index (χ1) is 9.66. The molecule has 6 heteroatoms. The topological polar surface area (TPSA) is 64.9 Å². The summed E-state index contributed by atoms with van der Waals surface area (Å²) in [5.41, 5.74) is 7.70. The maximum atomic E-state index is 14.0. The van der Waals surface area contributed by atoms with E-state index in [9.17, 15) is 4.39 Å². The number of nitrogen functional groups attached to an aromatic ring is 1. The van der Waals surface area contributed by atoms with Crippen LogP contribution in [0.3, 0.4) is 0 Å². The fourth-order valence-corrected chi connectivity index (χ4v) is 2.12. The minimum absolute atomic E-state index is 0.126. The highest BCUT2D eigenvalue weighted by atomic mass is 35.5. The number of benzene rings is 1. The number of rotatable bonds is 2. The van der Waals surface area contributed by atoms with Crippen LogP contribution in [0.1, 0.15) is 0 Å². The minimum atomic E-state index is -0.485. The third kappa shape index (κ3) is 2.12. The van der Waals surface area contributed by atoms with Gasteiger partial charge in [-0.1, -0.05) is 16.8 Å². The van der Waals surface area contributed by atoms with E-state index in [1.165, 1.54) is 6.07 Å². The monoisotopic (exact) mass is 289 g/mol. The van der Waals surface area contributed by atoms with Gasteiger partial charge in [0.1, 0.15) is 11.5 Å². The Bertz CT molecular complexity index is 758. The third-order valence-corrected chi connectivity index (χ3v) is 3.11. The molecule has 2 heterocycles. The summed E-state index contributed by atoms with van der Waals surface area (Å²) >= 11 is 5.75. The molecule has 0 unspecified atom stereocenters. The predicted molar refractivity (Wildman–Crippen MR) is 74.6 cm³/mol. The lowest BCUT2D eigenvalue weighted by Gasteiger charge is -2.04. The average molecular weight is 290 g/mol. The fraction of sp³-hybridized carbons (Fsp3) is 0. The molecule has 0 aliphatic rings. The Morgan fingerprint density at radius 1 is 1.15 bits per heavy atom. The zero-order valence-electron chi connectivity index (χ0n) is 10.2. The molecule has 0 bridgehead atoms.